The van der Waals surface area contributed by atoms with Gasteiger partial charge in [0.1, 0.15) is 0 Å². The number of benzene rings is 1. The van der Waals surface area contributed by atoms with Gasteiger partial charge in [-0.1, -0.05) is 13.8 Å². The molecule has 0 spiro atoms. The van der Waals surface area contributed by atoms with Crippen molar-refractivity contribution < 1.29 is 14.1 Å². The number of rotatable bonds is 6. The maximum Gasteiger partial charge on any atom is 0.251 e. The Labute approximate surface area is 123 Å². The fraction of sp³-hybridized carbons (Fsp3) is 0.533. The number of amides is 1. The van der Waals surface area contributed by atoms with Crippen molar-refractivity contribution in [2.75, 3.05) is 12.8 Å². The molecule has 5 heteroatoms. The summed E-state index contributed by atoms with van der Waals surface area (Å²) in [4.78, 5) is 12.7. The Hall–Kier alpha value is -1.20. The fourth-order valence-electron chi connectivity index (χ4n) is 2.09. The molecular formula is C15H23NO3S. The Kier molecular flexibility index (Phi) is 5.89. The van der Waals surface area contributed by atoms with Crippen molar-refractivity contribution in [3.8, 4) is 0 Å². The van der Waals surface area contributed by atoms with Gasteiger partial charge in [0.05, 0.1) is 6.10 Å². The van der Waals surface area contributed by atoms with E-state index < -0.39 is 10.8 Å². The van der Waals surface area contributed by atoms with E-state index in [1.165, 1.54) is 0 Å². The van der Waals surface area contributed by atoms with E-state index in [2.05, 4.69) is 5.32 Å². The minimum absolute atomic E-state index is 0.155. The van der Waals surface area contributed by atoms with E-state index in [9.17, 15) is 14.1 Å². The van der Waals surface area contributed by atoms with Crippen molar-refractivity contribution in [1.29, 1.82) is 0 Å². The first-order chi connectivity index (χ1) is 9.21. The summed E-state index contributed by atoms with van der Waals surface area (Å²) < 4.78 is 11.3. The largest absolute Gasteiger partial charge is 0.393 e. The highest BCUT2D eigenvalue weighted by Crippen LogP contribution is 2.21. The summed E-state index contributed by atoms with van der Waals surface area (Å²) in [7, 11) is -1.03. The van der Waals surface area contributed by atoms with Gasteiger partial charge in [-0.2, -0.15) is 0 Å². The van der Waals surface area contributed by atoms with E-state index in [0.29, 0.717) is 23.4 Å². The topological polar surface area (TPSA) is 66.4 Å². The lowest BCUT2D eigenvalue weighted by molar-refractivity contribution is 0.0902. The van der Waals surface area contributed by atoms with Gasteiger partial charge in [0, 0.05) is 34.1 Å². The molecule has 1 rings (SSSR count). The Morgan fingerprint density at radius 2 is 1.90 bits per heavy atom. The summed E-state index contributed by atoms with van der Waals surface area (Å²) >= 11 is 0. The van der Waals surface area contributed by atoms with Crippen LogP contribution in [0.3, 0.4) is 0 Å². The number of aliphatic hydroxyl groups excluding tert-OH is 1. The minimum Gasteiger partial charge on any atom is -0.393 e. The Bertz CT molecular complexity index is 480. The highest BCUT2D eigenvalue weighted by Gasteiger charge is 2.21. The molecule has 0 aliphatic carbocycles. The van der Waals surface area contributed by atoms with E-state index in [-0.39, 0.29) is 17.4 Å². The van der Waals surface area contributed by atoms with Crippen molar-refractivity contribution in [1.82, 2.24) is 5.32 Å². The molecule has 2 unspecified atom stereocenters. The molecule has 0 heterocycles. The molecule has 1 aromatic carbocycles. The monoisotopic (exact) mass is 297 g/mol. The standard InChI is InChI=1S/C15H23NO3S/c1-11(17)9-15(2,3)10-16-14(18)12-5-7-13(8-6-12)20(4)19/h5-8,11,17H,9-10H2,1-4H3,(H,16,18). The molecule has 20 heavy (non-hydrogen) atoms. The molecule has 0 aliphatic heterocycles. The average molecular weight is 297 g/mol. The predicted molar refractivity (Wildman–Crippen MR) is 81.2 cm³/mol. The van der Waals surface area contributed by atoms with Gasteiger partial charge in [-0.3, -0.25) is 9.00 Å². The molecule has 112 valence electrons. The highest BCUT2D eigenvalue weighted by molar-refractivity contribution is 7.84. The molecule has 0 fully saturated rings. The summed E-state index contributed by atoms with van der Waals surface area (Å²) in [5.41, 5.74) is 0.390. The van der Waals surface area contributed by atoms with E-state index >= 15 is 0 Å². The maximum atomic E-state index is 12.0. The molecule has 0 aliphatic rings. The molecule has 0 saturated heterocycles. The van der Waals surface area contributed by atoms with Crippen LogP contribution >= 0.6 is 0 Å². The molecule has 0 saturated carbocycles. The Morgan fingerprint density at radius 3 is 2.35 bits per heavy atom. The second-order valence-electron chi connectivity index (χ2n) is 5.88. The third kappa shape index (κ3) is 5.43. The van der Waals surface area contributed by atoms with Gasteiger partial charge >= 0.3 is 0 Å². The van der Waals surface area contributed by atoms with Crippen LogP contribution < -0.4 is 5.32 Å². The van der Waals surface area contributed by atoms with Crippen LogP contribution in [0.15, 0.2) is 29.2 Å². The first kappa shape index (κ1) is 16.9. The van der Waals surface area contributed by atoms with E-state index in [4.69, 9.17) is 0 Å². The van der Waals surface area contributed by atoms with E-state index in [1.807, 2.05) is 13.8 Å². The summed E-state index contributed by atoms with van der Waals surface area (Å²) in [5, 5.41) is 12.3. The smallest absolute Gasteiger partial charge is 0.251 e. The van der Waals surface area contributed by atoms with Gasteiger partial charge in [0.2, 0.25) is 0 Å². The number of nitrogens with one attached hydrogen (secondary N) is 1. The van der Waals surface area contributed by atoms with Crippen LogP contribution in [0.25, 0.3) is 0 Å². The summed E-state index contributed by atoms with van der Waals surface area (Å²) in [6.45, 7) is 6.25. The summed E-state index contributed by atoms with van der Waals surface area (Å²) in [5.74, 6) is -0.155. The predicted octanol–water partition coefficient (Wildman–Crippen LogP) is 1.95. The molecule has 2 N–H and O–H groups in total. The zero-order valence-corrected chi connectivity index (χ0v) is 13.3. The molecule has 0 radical (unpaired) electrons. The van der Waals surface area contributed by atoms with Crippen LogP contribution in [0.4, 0.5) is 0 Å². The Morgan fingerprint density at radius 1 is 1.35 bits per heavy atom. The van der Waals surface area contributed by atoms with Crippen molar-refractivity contribution in [2.24, 2.45) is 5.41 Å². The lowest BCUT2D eigenvalue weighted by Gasteiger charge is -2.26. The average Bonchev–Trinajstić information content (AvgIpc) is 2.34. The quantitative estimate of drug-likeness (QED) is 0.843. The molecule has 1 amide bonds. The van der Waals surface area contributed by atoms with Crippen LogP contribution in [0.1, 0.15) is 37.6 Å². The van der Waals surface area contributed by atoms with Crippen molar-refractivity contribution >= 4 is 16.7 Å². The molecule has 4 nitrogen and oxygen atoms in total. The number of hydrogen-bond donors (Lipinski definition) is 2. The normalized spacial score (nSPS) is 14.7. The summed E-state index contributed by atoms with van der Waals surface area (Å²) in [6.07, 6.45) is 1.84. The highest BCUT2D eigenvalue weighted by atomic mass is 32.2. The van der Waals surface area contributed by atoms with Crippen molar-refractivity contribution in [3.63, 3.8) is 0 Å². The van der Waals surface area contributed by atoms with Crippen molar-refractivity contribution in [2.45, 2.75) is 38.2 Å². The third-order valence-electron chi connectivity index (χ3n) is 3.02. The zero-order chi connectivity index (χ0) is 15.3. The second-order valence-corrected chi connectivity index (χ2v) is 7.26. The van der Waals surface area contributed by atoms with Crippen LogP contribution in [-0.4, -0.2) is 34.1 Å². The van der Waals surface area contributed by atoms with Gasteiger partial charge in [-0.05, 0) is 43.0 Å². The van der Waals surface area contributed by atoms with Crippen molar-refractivity contribution in [3.05, 3.63) is 29.8 Å². The first-order valence-electron chi connectivity index (χ1n) is 6.61. The van der Waals surface area contributed by atoms with E-state index in [1.54, 1.807) is 37.4 Å². The fourth-order valence-corrected chi connectivity index (χ4v) is 2.61. The molecular weight excluding hydrogens is 274 g/mol. The van der Waals surface area contributed by atoms with E-state index in [0.717, 1.165) is 0 Å². The molecule has 0 aromatic heterocycles. The number of hydrogen-bond acceptors (Lipinski definition) is 3. The van der Waals surface area contributed by atoms with Gasteiger partial charge in [0.25, 0.3) is 5.91 Å². The van der Waals surface area contributed by atoms with Crippen LogP contribution in [-0.2, 0) is 10.8 Å². The molecule has 0 bridgehead atoms. The lowest BCUT2D eigenvalue weighted by atomic mass is 9.87. The van der Waals surface area contributed by atoms with Gasteiger partial charge in [-0.15, -0.1) is 0 Å². The second kappa shape index (κ2) is 6.99. The molecule has 1 aromatic rings. The van der Waals surface area contributed by atoms with Gasteiger partial charge in [0.15, 0.2) is 0 Å². The zero-order valence-electron chi connectivity index (χ0n) is 12.5. The lowest BCUT2D eigenvalue weighted by Crippen LogP contribution is -2.35. The maximum absolute atomic E-state index is 12.0. The van der Waals surface area contributed by atoms with Crippen LogP contribution in [0.5, 0.6) is 0 Å². The number of carbonyl (C=O) groups is 1. The van der Waals surface area contributed by atoms with Crippen LogP contribution in [0, 0.1) is 5.41 Å². The van der Waals surface area contributed by atoms with Crippen LogP contribution in [0.2, 0.25) is 0 Å². The minimum atomic E-state index is -1.03. The number of carbonyl (C=O) groups excluding carboxylic acids is 1. The van der Waals surface area contributed by atoms with Gasteiger partial charge in [-0.25, -0.2) is 0 Å². The SMILES string of the molecule is CC(O)CC(C)(C)CNC(=O)c1ccc(S(C)=O)cc1. The molecule has 2 atom stereocenters. The third-order valence-corrected chi connectivity index (χ3v) is 3.96. The Balaban J connectivity index is 2.61. The summed E-state index contributed by atoms with van der Waals surface area (Å²) in [6, 6.07) is 6.75. The number of aliphatic hydroxyl groups is 1. The first-order valence-corrected chi connectivity index (χ1v) is 8.17. The van der Waals surface area contributed by atoms with Gasteiger partial charge < -0.3 is 10.4 Å².